The van der Waals surface area contributed by atoms with E-state index in [2.05, 4.69) is 4.98 Å². The third kappa shape index (κ3) is 3.44. The lowest BCUT2D eigenvalue weighted by atomic mass is 10.0. The molecule has 2 atom stereocenters. The molecule has 0 radical (unpaired) electrons. The molecule has 1 aromatic carbocycles. The fraction of sp³-hybridized carbons (Fsp3) is 0.429. The summed E-state index contributed by atoms with van der Waals surface area (Å²) in [6, 6.07) is 12.6. The van der Waals surface area contributed by atoms with Crippen molar-refractivity contribution in [3.63, 3.8) is 0 Å². The van der Waals surface area contributed by atoms with Crippen molar-refractivity contribution < 1.29 is 13.2 Å². The van der Waals surface area contributed by atoms with Crippen LogP contribution in [0.1, 0.15) is 24.1 Å². The second kappa shape index (κ2) is 6.97. The minimum atomic E-state index is -3.51. The molecule has 1 aromatic heterocycles. The lowest BCUT2D eigenvalue weighted by molar-refractivity contribution is -0.132. The van der Waals surface area contributed by atoms with Gasteiger partial charge in [0.05, 0.1) is 17.1 Å². The van der Waals surface area contributed by atoms with Crippen molar-refractivity contribution in [1.29, 1.82) is 0 Å². The van der Waals surface area contributed by atoms with Gasteiger partial charge in [-0.15, -0.1) is 0 Å². The summed E-state index contributed by atoms with van der Waals surface area (Å²) in [7, 11) is -1.72. The molecular formula is C21H25N3O3S. The van der Waals surface area contributed by atoms with Crippen molar-refractivity contribution in [2.45, 2.75) is 31.2 Å². The van der Waals surface area contributed by atoms with Crippen LogP contribution in [-0.2, 0) is 21.4 Å². The highest BCUT2D eigenvalue weighted by molar-refractivity contribution is 7.89. The number of rotatable bonds is 5. The summed E-state index contributed by atoms with van der Waals surface area (Å²) in [4.78, 5) is 19.2. The Balaban J connectivity index is 1.42. The van der Waals surface area contributed by atoms with Gasteiger partial charge in [0.2, 0.25) is 15.9 Å². The zero-order valence-corrected chi connectivity index (χ0v) is 17.0. The van der Waals surface area contributed by atoms with Crippen LogP contribution in [0.25, 0.3) is 0 Å². The molecule has 1 spiro atoms. The first-order valence-electron chi connectivity index (χ1n) is 9.54. The zero-order valence-electron chi connectivity index (χ0n) is 16.2. The highest BCUT2D eigenvalue weighted by atomic mass is 32.2. The van der Waals surface area contributed by atoms with Gasteiger partial charge in [0, 0.05) is 32.3 Å². The van der Waals surface area contributed by atoms with Crippen molar-refractivity contribution in [3.05, 3.63) is 59.9 Å². The number of aromatic nitrogens is 1. The first-order valence-corrected chi connectivity index (χ1v) is 11.0. The summed E-state index contributed by atoms with van der Waals surface area (Å²) in [6.07, 6.45) is 3.22. The fourth-order valence-corrected chi connectivity index (χ4v) is 5.68. The van der Waals surface area contributed by atoms with Crippen LogP contribution in [0, 0.1) is 18.3 Å². The Hall–Kier alpha value is -2.25. The number of nitrogens with zero attached hydrogens (tertiary/aromatic N) is 3. The predicted molar refractivity (Wildman–Crippen MR) is 106 cm³/mol. The molecule has 28 heavy (non-hydrogen) atoms. The van der Waals surface area contributed by atoms with Crippen LogP contribution >= 0.6 is 0 Å². The summed E-state index contributed by atoms with van der Waals surface area (Å²) in [6.45, 7) is 3.31. The van der Waals surface area contributed by atoms with Crippen molar-refractivity contribution in [1.82, 2.24) is 14.2 Å². The maximum Gasteiger partial charge on any atom is 0.243 e. The van der Waals surface area contributed by atoms with Gasteiger partial charge in [0.15, 0.2) is 0 Å². The molecule has 2 unspecified atom stereocenters. The van der Waals surface area contributed by atoms with Crippen LogP contribution in [-0.4, -0.2) is 48.7 Å². The van der Waals surface area contributed by atoms with Crippen LogP contribution in [0.3, 0.4) is 0 Å². The van der Waals surface area contributed by atoms with Crippen LogP contribution < -0.4 is 0 Å². The van der Waals surface area contributed by atoms with E-state index in [0.717, 1.165) is 24.1 Å². The van der Waals surface area contributed by atoms with E-state index in [4.69, 9.17) is 0 Å². The topological polar surface area (TPSA) is 70.6 Å². The molecular weight excluding hydrogens is 374 g/mol. The zero-order chi connectivity index (χ0) is 19.9. The SMILES string of the molecule is Cc1ccc(S(=O)(=O)N2CCC3(CC3C(=O)N(C)Cc3ccccn3)C2)cc1. The molecule has 2 aliphatic rings. The third-order valence-electron chi connectivity index (χ3n) is 6.00. The molecule has 0 bridgehead atoms. The Morgan fingerprint density at radius 2 is 2.00 bits per heavy atom. The quantitative estimate of drug-likeness (QED) is 0.774. The van der Waals surface area contributed by atoms with Crippen LogP contribution in [0.5, 0.6) is 0 Å². The minimum absolute atomic E-state index is 0.0836. The molecule has 6 nitrogen and oxygen atoms in total. The second-order valence-electron chi connectivity index (χ2n) is 8.04. The highest BCUT2D eigenvalue weighted by Crippen LogP contribution is 2.59. The van der Waals surface area contributed by atoms with Gasteiger partial charge in [-0.25, -0.2) is 8.42 Å². The van der Waals surface area contributed by atoms with E-state index in [1.807, 2.05) is 37.3 Å². The van der Waals surface area contributed by atoms with E-state index >= 15 is 0 Å². The average Bonchev–Trinajstić information content (AvgIpc) is 3.20. The molecule has 1 saturated carbocycles. The number of aryl methyl sites for hydroxylation is 1. The highest BCUT2D eigenvalue weighted by Gasteiger charge is 2.62. The van der Waals surface area contributed by atoms with Gasteiger partial charge in [-0.1, -0.05) is 23.8 Å². The summed E-state index contributed by atoms with van der Waals surface area (Å²) >= 11 is 0. The molecule has 7 heteroatoms. The first kappa shape index (κ1) is 19.1. The van der Waals surface area contributed by atoms with Gasteiger partial charge in [0.1, 0.15) is 0 Å². The lowest BCUT2D eigenvalue weighted by Gasteiger charge is -2.19. The van der Waals surface area contributed by atoms with Gasteiger partial charge in [-0.05, 0) is 49.4 Å². The number of amides is 1. The molecule has 148 valence electrons. The largest absolute Gasteiger partial charge is 0.340 e. The van der Waals surface area contributed by atoms with Crippen LogP contribution in [0.4, 0.5) is 0 Å². The molecule has 1 amide bonds. The average molecular weight is 400 g/mol. The van der Waals surface area contributed by atoms with E-state index in [9.17, 15) is 13.2 Å². The maximum absolute atomic E-state index is 12.9. The van der Waals surface area contributed by atoms with Gasteiger partial charge in [0.25, 0.3) is 0 Å². The number of sulfonamides is 1. The van der Waals surface area contributed by atoms with Crippen molar-refractivity contribution in [2.75, 3.05) is 20.1 Å². The molecule has 1 saturated heterocycles. The van der Waals surface area contributed by atoms with Crippen molar-refractivity contribution >= 4 is 15.9 Å². The minimum Gasteiger partial charge on any atom is -0.340 e. The molecule has 2 heterocycles. The molecule has 1 aliphatic carbocycles. The summed E-state index contributed by atoms with van der Waals surface area (Å²) in [5, 5.41) is 0. The first-order chi connectivity index (χ1) is 13.3. The van der Waals surface area contributed by atoms with E-state index in [1.54, 1.807) is 34.6 Å². The Labute approximate surface area is 166 Å². The second-order valence-corrected chi connectivity index (χ2v) is 9.97. The summed E-state index contributed by atoms with van der Waals surface area (Å²) in [5.74, 6) is -0.0142. The number of carbonyl (C=O) groups excluding carboxylic acids is 1. The Kier molecular flexibility index (Phi) is 4.75. The number of benzene rings is 1. The third-order valence-corrected chi connectivity index (χ3v) is 7.86. The predicted octanol–water partition coefficient (Wildman–Crippen LogP) is 2.45. The smallest absolute Gasteiger partial charge is 0.243 e. The van der Waals surface area contributed by atoms with Crippen LogP contribution in [0.15, 0.2) is 53.6 Å². The van der Waals surface area contributed by atoms with E-state index in [-0.39, 0.29) is 17.2 Å². The van der Waals surface area contributed by atoms with Gasteiger partial charge < -0.3 is 4.90 Å². The Morgan fingerprint density at radius 1 is 1.25 bits per heavy atom. The number of pyridine rings is 1. The number of carbonyl (C=O) groups is 1. The number of hydrogen-bond donors (Lipinski definition) is 0. The Bertz CT molecular complexity index is 976. The van der Waals surface area contributed by atoms with E-state index < -0.39 is 10.0 Å². The molecule has 2 fully saturated rings. The van der Waals surface area contributed by atoms with Crippen LogP contribution in [0.2, 0.25) is 0 Å². The van der Waals surface area contributed by atoms with Gasteiger partial charge >= 0.3 is 0 Å². The maximum atomic E-state index is 12.9. The van der Waals surface area contributed by atoms with Gasteiger partial charge in [-0.3, -0.25) is 9.78 Å². The molecule has 2 aromatic rings. The van der Waals surface area contributed by atoms with E-state index in [0.29, 0.717) is 24.5 Å². The summed E-state index contributed by atoms with van der Waals surface area (Å²) < 4.78 is 27.4. The number of hydrogen-bond acceptors (Lipinski definition) is 4. The normalized spacial score (nSPS) is 24.4. The Morgan fingerprint density at radius 3 is 2.68 bits per heavy atom. The molecule has 1 aliphatic heterocycles. The fourth-order valence-electron chi connectivity index (χ4n) is 4.15. The molecule has 4 rings (SSSR count). The van der Waals surface area contributed by atoms with E-state index in [1.165, 1.54) is 0 Å². The monoisotopic (exact) mass is 399 g/mol. The summed E-state index contributed by atoms with van der Waals surface area (Å²) in [5.41, 5.74) is 1.68. The lowest BCUT2D eigenvalue weighted by Crippen LogP contribution is -2.32. The van der Waals surface area contributed by atoms with Crippen molar-refractivity contribution in [3.8, 4) is 0 Å². The van der Waals surface area contributed by atoms with Gasteiger partial charge in [-0.2, -0.15) is 4.31 Å². The van der Waals surface area contributed by atoms with Crippen molar-refractivity contribution in [2.24, 2.45) is 11.3 Å². The molecule has 0 N–H and O–H groups in total. The standard InChI is InChI=1S/C21H25N3O3S/c1-16-6-8-18(9-7-16)28(26,27)24-12-10-21(15-24)13-19(21)20(25)23(2)14-17-5-3-4-11-22-17/h3-9,11,19H,10,12-15H2,1-2H3.